The zero-order valence-corrected chi connectivity index (χ0v) is 11.9. The lowest BCUT2D eigenvalue weighted by Gasteiger charge is -2.30. The molecular formula is C14H24N4O. The summed E-state index contributed by atoms with van der Waals surface area (Å²) in [5.41, 5.74) is 0. The van der Waals surface area contributed by atoms with E-state index in [4.69, 9.17) is 0 Å². The van der Waals surface area contributed by atoms with Crippen molar-refractivity contribution in [1.82, 2.24) is 19.8 Å². The molecule has 5 heteroatoms. The first-order chi connectivity index (χ1) is 9.16. The van der Waals surface area contributed by atoms with Crippen molar-refractivity contribution < 1.29 is 4.79 Å². The van der Waals surface area contributed by atoms with Crippen LogP contribution < -0.4 is 5.32 Å². The molecule has 0 bridgehead atoms. The van der Waals surface area contributed by atoms with E-state index in [1.54, 1.807) is 0 Å². The predicted molar refractivity (Wildman–Crippen MR) is 75.0 cm³/mol. The summed E-state index contributed by atoms with van der Waals surface area (Å²) >= 11 is 0. The van der Waals surface area contributed by atoms with Crippen LogP contribution in [0.5, 0.6) is 0 Å². The fraction of sp³-hybridized carbons (Fsp3) is 0.714. The van der Waals surface area contributed by atoms with Crippen LogP contribution in [0, 0.1) is 12.8 Å². The third kappa shape index (κ3) is 3.98. The van der Waals surface area contributed by atoms with E-state index in [2.05, 4.69) is 21.8 Å². The van der Waals surface area contributed by atoms with Crippen LogP contribution in [-0.4, -0.2) is 40.1 Å². The van der Waals surface area contributed by atoms with Gasteiger partial charge in [-0.1, -0.05) is 6.92 Å². The van der Waals surface area contributed by atoms with Crippen molar-refractivity contribution in [3.05, 3.63) is 18.2 Å². The van der Waals surface area contributed by atoms with Gasteiger partial charge in [0.2, 0.25) is 0 Å². The Morgan fingerprint density at radius 2 is 2.21 bits per heavy atom. The molecule has 0 spiro atoms. The summed E-state index contributed by atoms with van der Waals surface area (Å²) in [6, 6.07) is 0.0919. The number of aryl methyl sites for hydroxylation is 2. The van der Waals surface area contributed by atoms with Crippen LogP contribution in [0.2, 0.25) is 0 Å². The summed E-state index contributed by atoms with van der Waals surface area (Å²) in [4.78, 5) is 18.0. The number of carbonyl (C=O) groups excluding carboxylic acids is 1. The minimum absolute atomic E-state index is 0.0919. The summed E-state index contributed by atoms with van der Waals surface area (Å²) in [7, 11) is 0. The number of hydrogen-bond donors (Lipinski definition) is 1. The number of rotatable bonds is 4. The third-order valence-electron chi connectivity index (χ3n) is 3.85. The first kappa shape index (κ1) is 13.9. The second-order valence-electron chi connectivity index (χ2n) is 5.42. The molecule has 0 aliphatic carbocycles. The molecular weight excluding hydrogens is 240 g/mol. The van der Waals surface area contributed by atoms with Crippen LogP contribution in [0.1, 0.15) is 32.0 Å². The molecule has 1 fully saturated rings. The molecule has 1 aliphatic rings. The van der Waals surface area contributed by atoms with Crippen molar-refractivity contribution in [3.8, 4) is 0 Å². The fourth-order valence-electron chi connectivity index (χ4n) is 2.41. The van der Waals surface area contributed by atoms with E-state index >= 15 is 0 Å². The van der Waals surface area contributed by atoms with Crippen molar-refractivity contribution >= 4 is 6.03 Å². The zero-order chi connectivity index (χ0) is 13.7. The van der Waals surface area contributed by atoms with Crippen molar-refractivity contribution in [2.75, 3.05) is 19.6 Å². The van der Waals surface area contributed by atoms with Crippen molar-refractivity contribution in [1.29, 1.82) is 0 Å². The number of piperidine rings is 1. The molecule has 5 nitrogen and oxygen atoms in total. The zero-order valence-electron chi connectivity index (χ0n) is 11.9. The molecule has 106 valence electrons. The summed E-state index contributed by atoms with van der Waals surface area (Å²) in [6.45, 7) is 7.67. The maximum absolute atomic E-state index is 11.9. The van der Waals surface area contributed by atoms with E-state index in [-0.39, 0.29) is 6.03 Å². The number of imidazole rings is 1. The lowest BCUT2D eigenvalue weighted by atomic mass is 10.00. The Kier molecular flexibility index (Phi) is 4.82. The summed E-state index contributed by atoms with van der Waals surface area (Å²) in [5.74, 6) is 1.78. The van der Waals surface area contributed by atoms with Crippen LogP contribution in [0.15, 0.2) is 12.4 Å². The molecule has 1 aromatic rings. The highest BCUT2D eigenvalue weighted by Crippen LogP contribution is 2.15. The summed E-state index contributed by atoms with van der Waals surface area (Å²) in [5, 5.41) is 3.00. The number of hydrogen-bond acceptors (Lipinski definition) is 2. The average molecular weight is 264 g/mol. The normalized spacial score (nSPS) is 16.6. The summed E-state index contributed by atoms with van der Waals surface area (Å²) in [6.07, 6.45) is 6.97. The molecule has 1 N–H and O–H groups in total. The molecule has 2 heterocycles. The van der Waals surface area contributed by atoms with Crippen LogP contribution >= 0.6 is 0 Å². The van der Waals surface area contributed by atoms with Gasteiger partial charge in [-0.05, 0) is 32.1 Å². The van der Waals surface area contributed by atoms with Crippen LogP contribution in [0.25, 0.3) is 0 Å². The Hall–Kier alpha value is -1.52. The lowest BCUT2D eigenvalue weighted by molar-refractivity contribution is 0.174. The first-order valence-corrected chi connectivity index (χ1v) is 7.17. The molecule has 0 unspecified atom stereocenters. The van der Waals surface area contributed by atoms with E-state index in [1.165, 1.54) is 0 Å². The molecule has 2 rings (SSSR count). The second-order valence-corrected chi connectivity index (χ2v) is 5.42. The largest absolute Gasteiger partial charge is 0.338 e. The molecule has 0 aromatic carbocycles. The SMILES string of the molecule is Cc1nccn1CCCNC(=O)N1CCC(C)CC1. The van der Waals surface area contributed by atoms with Gasteiger partial charge in [0.05, 0.1) is 0 Å². The molecule has 0 radical (unpaired) electrons. The maximum Gasteiger partial charge on any atom is 0.317 e. The number of aromatic nitrogens is 2. The van der Waals surface area contributed by atoms with Crippen molar-refractivity contribution in [3.63, 3.8) is 0 Å². The number of nitrogens with one attached hydrogen (secondary N) is 1. The monoisotopic (exact) mass is 264 g/mol. The fourth-order valence-corrected chi connectivity index (χ4v) is 2.41. The Morgan fingerprint density at radius 1 is 1.47 bits per heavy atom. The van der Waals surface area contributed by atoms with Crippen LogP contribution in [0.4, 0.5) is 4.79 Å². The van der Waals surface area contributed by atoms with Gasteiger partial charge in [-0.25, -0.2) is 9.78 Å². The number of likely N-dealkylation sites (tertiary alicyclic amines) is 1. The quantitative estimate of drug-likeness (QED) is 0.846. The predicted octanol–water partition coefficient (Wildman–Crippen LogP) is 2.02. The highest BCUT2D eigenvalue weighted by Gasteiger charge is 2.19. The number of nitrogens with zero attached hydrogens (tertiary/aromatic N) is 3. The van der Waals surface area contributed by atoms with Gasteiger partial charge in [0.1, 0.15) is 5.82 Å². The average Bonchev–Trinajstić information content (AvgIpc) is 2.81. The Morgan fingerprint density at radius 3 is 2.84 bits per heavy atom. The minimum atomic E-state index is 0.0919. The van der Waals surface area contributed by atoms with E-state index in [9.17, 15) is 4.79 Å². The number of amides is 2. The molecule has 0 atom stereocenters. The molecule has 0 saturated carbocycles. The number of urea groups is 1. The van der Waals surface area contributed by atoms with Gasteiger partial charge < -0.3 is 14.8 Å². The first-order valence-electron chi connectivity index (χ1n) is 7.17. The maximum atomic E-state index is 11.9. The smallest absolute Gasteiger partial charge is 0.317 e. The van der Waals surface area contributed by atoms with Gasteiger partial charge in [0.15, 0.2) is 0 Å². The topological polar surface area (TPSA) is 50.2 Å². The van der Waals surface area contributed by atoms with E-state index in [1.807, 2.05) is 24.2 Å². The number of carbonyl (C=O) groups is 1. The highest BCUT2D eigenvalue weighted by atomic mass is 16.2. The van der Waals surface area contributed by atoms with Gasteiger partial charge in [0, 0.05) is 38.6 Å². The van der Waals surface area contributed by atoms with E-state index in [0.717, 1.165) is 57.2 Å². The highest BCUT2D eigenvalue weighted by molar-refractivity contribution is 5.74. The Bertz CT molecular complexity index is 407. The van der Waals surface area contributed by atoms with Crippen molar-refractivity contribution in [2.45, 2.75) is 39.7 Å². The summed E-state index contributed by atoms with van der Waals surface area (Å²) < 4.78 is 2.11. The van der Waals surface area contributed by atoms with E-state index < -0.39 is 0 Å². The van der Waals surface area contributed by atoms with Crippen molar-refractivity contribution in [2.24, 2.45) is 5.92 Å². The van der Waals surface area contributed by atoms with Gasteiger partial charge in [-0.3, -0.25) is 0 Å². The standard InChI is InChI=1S/C14H24N4O/c1-12-4-9-18(10-5-12)14(19)16-6-3-8-17-11-7-15-13(17)2/h7,11-12H,3-6,8-10H2,1-2H3,(H,16,19). The molecule has 1 saturated heterocycles. The second kappa shape index (κ2) is 6.59. The van der Waals surface area contributed by atoms with Crippen LogP contribution in [-0.2, 0) is 6.54 Å². The molecule has 2 amide bonds. The molecule has 19 heavy (non-hydrogen) atoms. The van der Waals surface area contributed by atoms with Crippen LogP contribution in [0.3, 0.4) is 0 Å². The minimum Gasteiger partial charge on any atom is -0.338 e. The Labute approximate surface area is 115 Å². The van der Waals surface area contributed by atoms with Gasteiger partial charge in [-0.2, -0.15) is 0 Å². The Balaban J connectivity index is 1.63. The van der Waals surface area contributed by atoms with Gasteiger partial charge in [-0.15, -0.1) is 0 Å². The lowest BCUT2D eigenvalue weighted by Crippen LogP contribution is -2.44. The van der Waals surface area contributed by atoms with Gasteiger partial charge >= 0.3 is 6.03 Å². The molecule has 1 aromatic heterocycles. The third-order valence-corrected chi connectivity index (χ3v) is 3.85. The molecule has 1 aliphatic heterocycles. The van der Waals surface area contributed by atoms with Gasteiger partial charge in [0.25, 0.3) is 0 Å². The van der Waals surface area contributed by atoms with E-state index in [0.29, 0.717) is 0 Å².